The van der Waals surface area contributed by atoms with Crippen LogP contribution in [0.3, 0.4) is 0 Å². The van der Waals surface area contributed by atoms with E-state index in [1.165, 1.54) is 0 Å². The number of halogens is 1. The van der Waals surface area contributed by atoms with Gasteiger partial charge in [-0.25, -0.2) is 14.1 Å². The maximum absolute atomic E-state index is 6.36. The molecular weight excluding hydrogens is 264 g/mol. The highest BCUT2D eigenvalue weighted by molar-refractivity contribution is 6.23. The molecule has 3 aromatic rings. The zero-order chi connectivity index (χ0) is 13.4. The van der Waals surface area contributed by atoms with E-state index in [0.717, 1.165) is 22.2 Å². The van der Waals surface area contributed by atoms with Crippen LogP contribution in [0.2, 0.25) is 0 Å². The monoisotopic (exact) mass is 276 g/mol. The molecule has 0 aliphatic heterocycles. The van der Waals surface area contributed by atoms with Gasteiger partial charge in [0.2, 0.25) is 0 Å². The molecule has 2 aromatic heterocycles. The highest BCUT2D eigenvalue weighted by atomic mass is 35.5. The molecule has 3 rings (SSSR count). The molecule has 98 valence electrons. The molecule has 0 fully saturated rings. The molecule has 0 saturated heterocycles. The van der Waals surface area contributed by atoms with Gasteiger partial charge in [0.05, 0.1) is 17.6 Å². The first-order valence-corrected chi connectivity index (χ1v) is 6.27. The SMILES string of the molecule is COCCc1nc2c(N)nc3ccccc3c2n1Cl. The number of fused-ring (bicyclic) bond motifs is 3. The lowest BCUT2D eigenvalue weighted by molar-refractivity contribution is 0.200. The van der Waals surface area contributed by atoms with Crippen molar-refractivity contribution in [1.29, 1.82) is 0 Å². The fourth-order valence-electron chi connectivity index (χ4n) is 2.16. The number of nitrogen functional groups attached to an aromatic ring is 1. The van der Waals surface area contributed by atoms with Gasteiger partial charge < -0.3 is 10.5 Å². The van der Waals surface area contributed by atoms with Crippen LogP contribution in [0.25, 0.3) is 21.9 Å². The van der Waals surface area contributed by atoms with Crippen molar-refractivity contribution in [2.75, 3.05) is 19.5 Å². The Labute approximate surface area is 115 Å². The van der Waals surface area contributed by atoms with Crippen molar-refractivity contribution in [2.24, 2.45) is 0 Å². The predicted molar refractivity (Wildman–Crippen MR) is 76.3 cm³/mol. The molecule has 0 bridgehead atoms. The Balaban J connectivity index is 2.33. The van der Waals surface area contributed by atoms with Crippen molar-refractivity contribution >= 4 is 39.5 Å². The summed E-state index contributed by atoms with van der Waals surface area (Å²) in [5, 5.41) is 0.942. The third-order valence-electron chi connectivity index (χ3n) is 3.06. The van der Waals surface area contributed by atoms with Gasteiger partial charge >= 0.3 is 0 Å². The average molecular weight is 277 g/mol. The zero-order valence-electron chi connectivity index (χ0n) is 10.4. The second kappa shape index (κ2) is 4.68. The van der Waals surface area contributed by atoms with E-state index < -0.39 is 0 Å². The lowest BCUT2D eigenvalue weighted by atomic mass is 10.2. The van der Waals surface area contributed by atoms with Gasteiger partial charge in [0.1, 0.15) is 11.3 Å². The summed E-state index contributed by atoms with van der Waals surface area (Å²) in [7, 11) is 1.65. The molecule has 0 spiro atoms. The van der Waals surface area contributed by atoms with Crippen LogP contribution in [0.5, 0.6) is 0 Å². The Morgan fingerprint density at radius 2 is 2.11 bits per heavy atom. The molecule has 0 radical (unpaired) electrons. The van der Waals surface area contributed by atoms with Gasteiger partial charge in [0.15, 0.2) is 5.82 Å². The highest BCUT2D eigenvalue weighted by Gasteiger charge is 2.15. The predicted octanol–water partition coefficient (Wildman–Crippen LogP) is 2.36. The average Bonchev–Trinajstić information content (AvgIpc) is 2.75. The fraction of sp³-hybridized carbons (Fsp3) is 0.231. The summed E-state index contributed by atoms with van der Waals surface area (Å²) in [6.07, 6.45) is 0.627. The number of benzene rings is 1. The molecule has 5 nitrogen and oxygen atoms in total. The number of rotatable bonds is 3. The van der Waals surface area contributed by atoms with Crippen LogP contribution in [-0.2, 0) is 11.2 Å². The summed E-state index contributed by atoms with van der Waals surface area (Å²) < 4.78 is 6.61. The molecular formula is C13H13ClN4O. The minimum atomic E-state index is 0.395. The molecule has 2 heterocycles. The van der Waals surface area contributed by atoms with E-state index in [1.54, 1.807) is 11.2 Å². The van der Waals surface area contributed by atoms with Crippen LogP contribution in [0.4, 0.5) is 5.82 Å². The number of hydrogen-bond donors (Lipinski definition) is 1. The van der Waals surface area contributed by atoms with E-state index in [1.807, 2.05) is 24.3 Å². The second-order valence-corrected chi connectivity index (χ2v) is 4.60. The summed E-state index contributed by atoms with van der Waals surface area (Å²) in [6.45, 7) is 0.557. The van der Waals surface area contributed by atoms with E-state index in [4.69, 9.17) is 22.2 Å². The topological polar surface area (TPSA) is 66.0 Å². The Bertz CT molecular complexity index is 753. The number of nitrogens with two attached hydrogens (primary N) is 1. The van der Waals surface area contributed by atoms with Crippen LogP contribution in [0.15, 0.2) is 24.3 Å². The van der Waals surface area contributed by atoms with Gasteiger partial charge in [-0.15, -0.1) is 0 Å². The quantitative estimate of drug-likeness (QED) is 0.797. The van der Waals surface area contributed by atoms with Gasteiger partial charge in [-0.3, -0.25) is 0 Å². The molecule has 0 aliphatic rings. The minimum Gasteiger partial charge on any atom is -0.384 e. The molecule has 6 heteroatoms. The zero-order valence-corrected chi connectivity index (χ0v) is 11.2. The normalized spacial score (nSPS) is 11.5. The van der Waals surface area contributed by atoms with Crippen molar-refractivity contribution in [3.05, 3.63) is 30.1 Å². The minimum absolute atomic E-state index is 0.395. The number of imidazole rings is 1. The van der Waals surface area contributed by atoms with Crippen molar-refractivity contribution in [1.82, 2.24) is 14.1 Å². The van der Waals surface area contributed by atoms with Crippen LogP contribution in [0, 0.1) is 0 Å². The molecule has 0 amide bonds. The molecule has 0 saturated carbocycles. The van der Waals surface area contributed by atoms with Gasteiger partial charge in [-0.2, -0.15) is 0 Å². The van der Waals surface area contributed by atoms with E-state index in [-0.39, 0.29) is 0 Å². The molecule has 19 heavy (non-hydrogen) atoms. The number of methoxy groups -OCH3 is 1. The highest BCUT2D eigenvalue weighted by Crippen LogP contribution is 2.29. The number of ether oxygens (including phenoxy) is 1. The Hall–Kier alpha value is -1.85. The molecule has 2 N–H and O–H groups in total. The Morgan fingerprint density at radius 3 is 2.89 bits per heavy atom. The van der Waals surface area contributed by atoms with E-state index >= 15 is 0 Å². The second-order valence-electron chi connectivity index (χ2n) is 4.26. The van der Waals surface area contributed by atoms with Crippen molar-refractivity contribution in [3.8, 4) is 0 Å². The Morgan fingerprint density at radius 1 is 1.32 bits per heavy atom. The van der Waals surface area contributed by atoms with Crippen molar-refractivity contribution < 1.29 is 4.74 Å². The van der Waals surface area contributed by atoms with Crippen molar-refractivity contribution in [2.45, 2.75) is 6.42 Å². The summed E-state index contributed by atoms with van der Waals surface area (Å²) >= 11 is 6.36. The van der Waals surface area contributed by atoms with Gasteiger partial charge in [0, 0.05) is 30.7 Å². The standard InChI is InChI=1S/C13H13ClN4O/c1-19-7-6-10-17-11-12(18(10)14)8-4-2-3-5-9(8)16-13(11)15/h2-5H,6-7H2,1H3,(H2,15,16). The van der Waals surface area contributed by atoms with E-state index in [0.29, 0.717) is 24.4 Å². The smallest absolute Gasteiger partial charge is 0.152 e. The first-order chi connectivity index (χ1) is 9.22. The summed E-state index contributed by atoms with van der Waals surface area (Å²) in [5.41, 5.74) is 8.21. The number of para-hydroxylation sites is 1. The number of anilines is 1. The van der Waals surface area contributed by atoms with Crippen LogP contribution in [0.1, 0.15) is 5.82 Å². The molecule has 0 unspecified atom stereocenters. The summed E-state index contributed by atoms with van der Waals surface area (Å²) in [5.74, 6) is 1.12. The molecule has 0 atom stereocenters. The maximum Gasteiger partial charge on any atom is 0.152 e. The van der Waals surface area contributed by atoms with Gasteiger partial charge in [-0.1, -0.05) is 18.2 Å². The van der Waals surface area contributed by atoms with Crippen LogP contribution >= 0.6 is 11.8 Å². The largest absolute Gasteiger partial charge is 0.384 e. The van der Waals surface area contributed by atoms with Gasteiger partial charge in [-0.05, 0) is 6.07 Å². The summed E-state index contributed by atoms with van der Waals surface area (Å²) in [4.78, 5) is 8.81. The van der Waals surface area contributed by atoms with Crippen molar-refractivity contribution in [3.63, 3.8) is 0 Å². The first kappa shape index (κ1) is 12.2. The van der Waals surface area contributed by atoms with E-state index in [9.17, 15) is 0 Å². The lowest BCUT2D eigenvalue weighted by Crippen LogP contribution is -1.99. The number of hydrogen-bond acceptors (Lipinski definition) is 4. The fourth-order valence-corrected chi connectivity index (χ4v) is 2.45. The third-order valence-corrected chi connectivity index (χ3v) is 3.42. The third kappa shape index (κ3) is 1.91. The number of aromatic nitrogens is 3. The van der Waals surface area contributed by atoms with E-state index in [2.05, 4.69) is 9.97 Å². The maximum atomic E-state index is 6.36. The first-order valence-electron chi connectivity index (χ1n) is 5.93. The Kier molecular flexibility index (Phi) is 3.00. The van der Waals surface area contributed by atoms with Crippen LogP contribution < -0.4 is 5.73 Å². The van der Waals surface area contributed by atoms with Crippen LogP contribution in [-0.4, -0.2) is 27.8 Å². The summed E-state index contributed by atoms with van der Waals surface area (Å²) in [6, 6.07) is 7.73. The van der Waals surface area contributed by atoms with Gasteiger partial charge in [0.25, 0.3) is 0 Å². The molecule has 0 aliphatic carbocycles. The number of pyridine rings is 1. The number of nitrogens with zero attached hydrogens (tertiary/aromatic N) is 3. The lowest BCUT2D eigenvalue weighted by Gasteiger charge is -2.02. The molecule has 1 aromatic carbocycles.